The summed E-state index contributed by atoms with van der Waals surface area (Å²) in [6.07, 6.45) is -1.46. The number of anilines is 3. The molecule has 0 radical (unpaired) electrons. The third-order valence-corrected chi connectivity index (χ3v) is 6.38. The van der Waals surface area contributed by atoms with Gasteiger partial charge in [-0.2, -0.15) is 18.2 Å². The second-order valence-corrected chi connectivity index (χ2v) is 9.30. The van der Waals surface area contributed by atoms with Crippen LogP contribution in [0, 0.1) is 6.92 Å². The van der Waals surface area contributed by atoms with Gasteiger partial charge in [-0.15, -0.1) is 0 Å². The smallest absolute Gasteiger partial charge is 0.416 e. The van der Waals surface area contributed by atoms with E-state index in [-0.39, 0.29) is 29.1 Å². The summed E-state index contributed by atoms with van der Waals surface area (Å²) in [5, 5.41) is 8.25. The number of aryl methyl sites for hydroxylation is 1. The predicted octanol–water partition coefficient (Wildman–Crippen LogP) is 4.82. The van der Waals surface area contributed by atoms with E-state index in [1.807, 2.05) is 0 Å². The highest BCUT2D eigenvalue weighted by Crippen LogP contribution is 2.30. The fraction of sp³-hybridized carbons (Fsp3) is 0.333. The average molecular weight is 543 g/mol. The van der Waals surface area contributed by atoms with Gasteiger partial charge in [-0.25, -0.2) is 4.98 Å². The van der Waals surface area contributed by atoms with Crippen molar-refractivity contribution in [1.82, 2.24) is 14.9 Å². The minimum atomic E-state index is -4.56. The first kappa shape index (κ1) is 27.8. The van der Waals surface area contributed by atoms with Crippen LogP contribution in [-0.4, -0.2) is 60.0 Å². The van der Waals surface area contributed by atoms with Gasteiger partial charge in [0.15, 0.2) is 0 Å². The Bertz CT molecular complexity index is 1360. The van der Waals surface area contributed by atoms with E-state index < -0.39 is 23.6 Å². The Hall–Kier alpha value is -4.19. The number of aromatic nitrogens is 2. The molecule has 0 spiro atoms. The van der Waals surface area contributed by atoms with Gasteiger partial charge >= 0.3 is 12.2 Å². The molecule has 1 saturated heterocycles. The van der Waals surface area contributed by atoms with Crippen molar-refractivity contribution in [2.45, 2.75) is 32.0 Å². The SMILES string of the molecule is CNc1nc(OC2CCN(C)CC2)ncc1C(=O)Nc1cc(NC(=O)c2cccc(C(F)(F)F)c2)ccc1C. The third-order valence-electron chi connectivity index (χ3n) is 6.38. The van der Waals surface area contributed by atoms with E-state index in [4.69, 9.17) is 4.74 Å². The monoisotopic (exact) mass is 542 g/mol. The summed E-state index contributed by atoms with van der Waals surface area (Å²) in [6.45, 7) is 3.60. The molecule has 1 aromatic heterocycles. The van der Waals surface area contributed by atoms with Crippen LogP contribution in [0.1, 0.15) is 44.7 Å². The molecule has 3 aromatic rings. The Morgan fingerprint density at radius 3 is 2.49 bits per heavy atom. The molecular weight excluding hydrogens is 513 g/mol. The molecular formula is C27H29F3N6O3. The Morgan fingerprint density at radius 1 is 1.05 bits per heavy atom. The molecule has 2 heterocycles. The van der Waals surface area contributed by atoms with Gasteiger partial charge in [-0.05, 0) is 62.7 Å². The Labute approximate surface area is 223 Å². The van der Waals surface area contributed by atoms with E-state index in [0.717, 1.165) is 38.1 Å². The Balaban J connectivity index is 1.46. The van der Waals surface area contributed by atoms with E-state index in [0.29, 0.717) is 16.9 Å². The Kier molecular flexibility index (Phi) is 8.34. The lowest BCUT2D eigenvalue weighted by Gasteiger charge is -2.28. The van der Waals surface area contributed by atoms with Crippen LogP contribution in [0.2, 0.25) is 0 Å². The zero-order chi connectivity index (χ0) is 28.2. The quantitative estimate of drug-likeness (QED) is 0.393. The fourth-order valence-electron chi connectivity index (χ4n) is 4.10. The number of hydrogen-bond donors (Lipinski definition) is 3. The van der Waals surface area contributed by atoms with Gasteiger partial charge in [0, 0.05) is 43.3 Å². The number of piperidine rings is 1. The summed E-state index contributed by atoms with van der Waals surface area (Å²) in [4.78, 5) is 36.5. The molecule has 0 saturated carbocycles. The second kappa shape index (κ2) is 11.7. The number of likely N-dealkylation sites (tertiary alicyclic amines) is 1. The number of halogens is 3. The van der Waals surface area contributed by atoms with Gasteiger partial charge in [0.25, 0.3) is 11.8 Å². The van der Waals surface area contributed by atoms with Crippen molar-refractivity contribution in [2.75, 3.05) is 43.1 Å². The van der Waals surface area contributed by atoms with Crippen LogP contribution in [-0.2, 0) is 6.18 Å². The van der Waals surface area contributed by atoms with Gasteiger partial charge in [0.05, 0.1) is 5.56 Å². The number of carbonyl (C=O) groups excluding carboxylic acids is 2. The first-order valence-electron chi connectivity index (χ1n) is 12.3. The number of nitrogens with zero attached hydrogens (tertiary/aromatic N) is 3. The fourth-order valence-corrected chi connectivity index (χ4v) is 4.10. The summed E-state index contributed by atoms with van der Waals surface area (Å²) >= 11 is 0. The lowest BCUT2D eigenvalue weighted by atomic mass is 10.1. The van der Waals surface area contributed by atoms with Crippen molar-refractivity contribution in [3.8, 4) is 6.01 Å². The minimum absolute atomic E-state index is 0.00196. The average Bonchev–Trinajstić information content (AvgIpc) is 2.91. The van der Waals surface area contributed by atoms with Crippen LogP contribution < -0.4 is 20.7 Å². The van der Waals surface area contributed by atoms with Crippen LogP contribution >= 0.6 is 0 Å². The number of ether oxygens (including phenoxy) is 1. The summed E-state index contributed by atoms with van der Waals surface area (Å²) < 4.78 is 45.0. The lowest BCUT2D eigenvalue weighted by molar-refractivity contribution is -0.137. The number of carbonyl (C=O) groups is 2. The van der Waals surface area contributed by atoms with Crippen LogP contribution in [0.3, 0.4) is 0 Å². The first-order valence-corrected chi connectivity index (χ1v) is 12.3. The van der Waals surface area contributed by atoms with Crippen molar-refractivity contribution in [1.29, 1.82) is 0 Å². The van der Waals surface area contributed by atoms with Crippen molar-refractivity contribution >= 4 is 29.0 Å². The normalized spacial score (nSPS) is 14.5. The molecule has 0 bridgehead atoms. The first-order chi connectivity index (χ1) is 18.5. The van der Waals surface area contributed by atoms with E-state index in [2.05, 4.69) is 37.9 Å². The van der Waals surface area contributed by atoms with Gasteiger partial charge in [-0.1, -0.05) is 12.1 Å². The lowest BCUT2D eigenvalue weighted by Crippen LogP contribution is -2.36. The number of benzene rings is 2. The number of hydrogen-bond acceptors (Lipinski definition) is 7. The van der Waals surface area contributed by atoms with Crippen molar-refractivity contribution < 1.29 is 27.5 Å². The summed E-state index contributed by atoms with van der Waals surface area (Å²) in [5.41, 5.74) is 0.521. The topological polar surface area (TPSA) is 108 Å². The van der Waals surface area contributed by atoms with Crippen molar-refractivity contribution in [3.05, 3.63) is 70.9 Å². The molecule has 2 aromatic carbocycles. The maximum Gasteiger partial charge on any atom is 0.416 e. The highest BCUT2D eigenvalue weighted by Gasteiger charge is 2.31. The molecule has 4 rings (SSSR count). The van der Waals surface area contributed by atoms with Crippen LogP contribution in [0.5, 0.6) is 6.01 Å². The molecule has 0 unspecified atom stereocenters. The van der Waals surface area contributed by atoms with Crippen LogP contribution in [0.15, 0.2) is 48.7 Å². The van der Waals surface area contributed by atoms with E-state index >= 15 is 0 Å². The molecule has 0 aliphatic carbocycles. The second-order valence-electron chi connectivity index (χ2n) is 9.30. The molecule has 12 heteroatoms. The third kappa shape index (κ3) is 7.02. The van der Waals surface area contributed by atoms with Crippen LogP contribution in [0.25, 0.3) is 0 Å². The molecule has 39 heavy (non-hydrogen) atoms. The molecule has 1 aliphatic heterocycles. The van der Waals surface area contributed by atoms with Crippen molar-refractivity contribution in [2.24, 2.45) is 0 Å². The maximum absolute atomic E-state index is 13.1. The molecule has 1 fully saturated rings. The summed E-state index contributed by atoms with van der Waals surface area (Å²) in [6, 6.07) is 9.11. The largest absolute Gasteiger partial charge is 0.460 e. The zero-order valence-corrected chi connectivity index (χ0v) is 21.7. The number of rotatable bonds is 7. The molecule has 3 N–H and O–H groups in total. The van der Waals surface area contributed by atoms with Gasteiger partial charge in [0.2, 0.25) is 0 Å². The molecule has 1 aliphatic rings. The molecule has 2 amide bonds. The summed E-state index contributed by atoms with van der Waals surface area (Å²) in [7, 11) is 3.69. The maximum atomic E-state index is 13.1. The summed E-state index contributed by atoms with van der Waals surface area (Å²) in [5.74, 6) is -0.917. The van der Waals surface area contributed by atoms with E-state index in [1.54, 1.807) is 26.1 Å². The number of alkyl halides is 3. The molecule has 0 atom stereocenters. The predicted molar refractivity (Wildman–Crippen MR) is 141 cm³/mol. The van der Waals surface area contributed by atoms with Gasteiger partial charge < -0.3 is 25.6 Å². The van der Waals surface area contributed by atoms with Crippen molar-refractivity contribution in [3.63, 3.8) is 0 Å². The number of nitrogens with one attached hydrogen (secondary N) is 3. The Morgan fingerprint density at radius 2 is 1.79 bits per heavy atom. The van der Waals surface area contributed by atoms with E-state index in [1.165, 1.54) is 24.4 Å². The highest BCUT2D eigenvalue weighted by molar-refractivity contribution is 6.08. The van der Waals surface area contributed by atoms with Crippen LogP contribution in [0.4, 0.5) is 30.4 Å². The van der Waals surface area contributed by atoms with Gasteiger partial charge in [-0.3, -0.25) is 9.59 Å². The molecule has 206 valence electrons. The molecule has 9 nitrogen and oxygen atoms in total. The number of amides is 2. The zero-order valence-electron chi connectivity index (χ0n) is 21.7. The van der Waals surface area contributed by atoms with Gasteiger partial charge in [0.1, 0.15) is 17.5 Å². The standard InChI is InChI=1S/C27H29F3N6O3/c1-16-7-8-19(33-24(37)17-5-4-6-18(13-17)27(28,29)30)14-22(16)34-25(38)21-15-32-26(35-23(21)31-2)39-20-9-11-36(3)12-10-20/h4-8,13-15,20H,9-12H2,1-3H3,(H,33,37)(H,34,38)(H,31,32,35). The van der Waals surface area contributed by atoms with E-state index in [9.17, 15) is 22.8 Å². The highest BCUT2D eigenvalue weighted by atomic mass is 19.4. The minimum Gasteiger partial charge on any atom is -0.460 e.